The third-order valence-corrected chi connectivity index (χ3v) is 2.52. The lowest BCUT2D eigenvalue weighted by Gasteiger charge is -2.35. The minimum absolute atomic E-state index is 0.00356. The van der Waals surface area contributed by atoms with Crippen LogP contribution < -0.4 is 0 Å². The predicted octanol–water partition coefficient (Wildman–Crippen LogP) is -0.796. The van der Waals surface area contributed by atoms with Gasteiger partial charge in [-0.2, -0.15) is 0 Å². The lowest BCUT2D eigenvalue weighted by molar-refractivity contribution is -0.147. The summed E-state index contributed by atoms with van der Waals surface area (Å²) < 4.78 is 5.04. The molecule has 1 aliphatic rings. The van der Waals surface area contributed by atoms with Gasteiger partial charge in [-0.25, -0.2) is 9.59 Å². The Morgan fingerprint density at radius 1 is 1.59 bits per heavy atom. The maximum Gasteiger partial charge on any atom is 0.328 e. The van der Waals surface area contributed by atoms with Gasteiger partial charge in [0, 0.05) is 20.1 Å². The minimum atomic E-state index is -1.08. The highest BCUT2D eigenvalue weighted by molar-refractivity contribution is 5.83. The standard InChI is InChI=1S/C10H18N2O5/c1-7(13)5-11(2)10(16)12-3-4-17-6-8(12)9(14)15/h7-8,13H,3-6H2,1-2H3,(H,14,15). The lowest BCUT2D eigenvalue weighted by Crippen LogP contribution is -2.56. The van der Waals surface area contributed by atoms with Gasteiger partial charge in [0.25, 0.3) is 0 Å². The highest BCUT2D eigenvalue weighted by atomic mass is 16.5. The highest BCUT2D eigenvalue weighted by Crippen LogP contribution is 2.10. The van der Waals surface area contributed by atoms with E-state index in [1.165, 1.54) is 16.8 Å². The number of rotatable bonds is 3. The van der Waals surface area contributed by atoms with E-state index in [0.717, 1.165) is 0 Å². The average molecular weight is 246 g/mol. The summed E-state index contributed by atoms with van der Waals surface area (Å²) in [5.41, 5.74) is 0. The van der Waals surface area contributed by atoms with Crippen LogP contribution in [-0.4, -0.2) is 77.5 Å². The molecule has 17 heavy (non-hydrogen) atoms. The molecule has 0 radical (unpaired) electrons. The van der Waals surface area contributed by atoms with Gasteiger partial charge >= 0.3 is 12.0 Å². The smallest absolute Gasteiger partial charge is 0.328 e. The van der Waals surface area contributed by atoms with Crippen molar-refractivity contribution in [1.82, 2.24) is 9.80 Å². The number of aliphatic carboxylic acids is 1. The fraction of sp³-hybridized carbons (Fsp3) is 0.800. The van der Waals surface area contributed by atoms with Crippen LogP contribution >= 0.6 is 0 Å². The van der Waals surface area contributed by atoms with E-state index in [-0.39, 0.29) is 19.7 Å². The van der Waals surface area contributed by atoms with E-state index in [4.69, 9.17) is 9.84 Å². The quantitative estimate of drug-likeness (QED) is 0.680. The molecule has 2 unspecified atom stereocenters. The van der Waals surface area contributed by atoms with Gasteiger partial charge in [-0.1, -0.05) is 0 Å². The second-order valence-electron chi connectivity index (χ2n) is 4.13. The maximum atomic E-state index is 12.0. The van der Waals surface area contributed by atoms with Gasteiger partial charge in [0.2, 0.25) is 0 Å². The first kappa shape index (κ1) is 13.7. The second-order valence-corrected chi connectivity index (χ2v) is 4.13. The molecule has 1 rings (SSSR count). The number of ether oxygens (including phenoxy) is 1. The van der Waals surface area contributed by atoms with Crippen molar-refractivity contribution >= 4 is 12.0 Å². The zero-order chi connectivity index (χ0) is 13.0. The zero-order valence-electron chi connectivity index (χ0n) is 10.00. The predicted molar refractivity (Wildman–Crippen MR) is 58.7 cm³/mol. The number of carbonyl (C=O) groups excluding carboxylic acids is 1. The molecule has 7 nitrogen and oxygen atoms in total. The number of carboxylic acids is 1. The number of hydrogen-bond donors (Lipinski definition) is 2. The molecule has 2 N–H and O–H groups in total. The first-order valence-electron chi connectivity index (χ1n) is 5.44. The largest absolute Gasteiger partial charge is 0.480 e. The number of carbonyl (C=O) groups is 2. The Morgan fingerprint density at radius 3 is 2.76 bits per heavy atom. The van der Waals surface area contributed by atoms with E-state index in [1.54, 1.807) is 6.92 Å². The van der Waals surface area contributed by atoms with Crippen LogP contribution in [-0.2, 0) is 9.53 Å². The molecule has 98 valence electrons. The van der Waals surface area contributed by atoms with Crippen LogP contribution in [0.2, 0.25) is 0 Å². The summed E-state index contributed by atoms with van der Waals surface area (Å²) in [6.07, 6.45) is -0.645. The SMILES string of the molecule is CC(O)CN(C)C(=O)N1CCOCC1C(=O)O. The molecule has 1 saturated heterocycles. The summed E-state index contributed by atoms with van der Waals surface area (Å²) in [7, 11) is 1.53. The molecule has 1 aliphatic heterocycles. The summed E-state index contributed by atoms with van der Waals surface area (Å²) in [6.45, 7) is 2.32. The van der Waals surface area contributed by atoms with Gasteiger partial charge in [-0.3, -0.25) is 0 Å². The number of amides is 2. The molecule has 1 fully saturated rings. The number of carboxylic acid groups (broad SMARTS) is 1. The number of nitrogens with zero attached hydrogens (tertiary/aromatic N) is 2. The van der Waals surface area contributed by atoms with E-state index in [1.807, 2.05) is 0 Å². The molecule has 0 spiro atoms. The van der Waals surface area contributed by atoms with Gasteiger partial charge in [-0.05, 0) is 6.92 Å². The highest BCUT2D eigenvalue weighted by Gasteiger charge is 2.34. The van der Waals surface area contributed by atoms with E-state index < -0.39 is 24.1 Å². The number of morpholine rings is 1. The van der Waals surface area contributed by atoms with Gasteiger partial charge in [-0.15, -0.1) is 0 Å². The lowest BCUT2D eigenvalue weighted by atomic mass is 10.2. The number of urea groups is 1. The Kier molecular flexibility index (Phi) is 4.71. The summed E-state index contributed by atoms with van der Waals surface area (Å²) in [4.78, 5) is 25.5. The summed E-state index contributed by atoms with van der Waals surface area (Å²) in [5, 5.41) is 18.2. The van der Waals surface area contributed by atoms with Gasteiger partial charge in [0.15, 0.2) is 6.04 Å². The van der Waals surface area contributed by atoms with Crippen molar-refractivity contribution in [3.05, 3.63) is 0 Å². The average Bonchev–Trinajstić information content (AvgIpc) is 2.27. The maximum absolute atomic E-state index is 12.0. The Bertz CT molecular complexity index is 294. The van der Waals surface area contributed by atoms with Crippen molar-refractivity contribution in [2.45, 2.75) is 19.1 Å². The molecule has 0 bridgehead atoms. The Balaban J connectivity index is 2.67. The van der Waals surface area contributed by atoms with Crippen molar-refractivity contribution in [1.29, 1.82) is 0 Å². The third kappa shape index (κ3) is 3.57. The third-order valence-electron chi connectivity index (χ3n) is 2.52. The molecule has 0 aromatic rings. The monoisotopic (exact) mass is 246 g/mol. The van der Waals surface area contributed by atoms with Crippen LogP contribution in [0.15, 0.2) is 0 Å². The van der Waals surface area contributed by atoms with Crippen LogP contribution in [0.3, 0.4) is 0 Å². The van der Waals surface area contributed by atoms with Crippen molar-refractivity contribution in [3.8, 4) is 0 Å². The van der Waals surface area contributed by atoms with Crippen LogP contribution in [0.4, 0.5) is 4.79 Å². The topological polar surface area (TPSA) is 90.3 Å². The first-order chi connectivity index (χ1) is 7.93. The molecular weight excluding hydrogens is 228 g/mol. The fourth-order valence-corrected chi connectivity index (χ4v) is 1.73. The number of aliphatic hydroxyl groups excluding tert-OH is 1. The normalized spacial score (nSPS) is 22.1. The second kappa shape index (κ2) is 5.83. The summed E-state index contributed by atoms with van der Waals surface area (Å²) in [5.74, 6) is -1.08. The van der Waals surface area contributed by atoms with Crippen molar-refractivity contribution in [2.75, 3.05) is 33.4 Å². The molecule has 7 heteroatoms. The van der Waals surface area contributed by atoms with Crippen molar-refractivity contribution in [2.24, 2.45) is 0 Å². The zero-order valence-corrected chi connectivity index (χ0v) is 10.00. The fourth-order valence-electron chi connectivity index (χ4n) is 1.73. The van der Waals surface area contributed by atoms with Gasteiger partial charge in [0.05, 0.1) is 19.3 Å². The van der Waals surface area contributed by atoms with Crippen LogP contribution in [0.1, 0.15) is 6.92 Å². The minimum Gasteiger partial charge on any atom is -0.480 e. The first-order valence-corrected chi connectivity index (χ1v) is 5.44. The molecule has 2 amide bonds. The molecular formula is C10H18N2O5. The van der Waals surface area contributed by atoms with E-state index in [0.29, 0.717) is 6.61 Å². The number of likely N-dealkylation sites (N-methyl/N-ethyl adjacent to an activating group) is 1. The van der Waals surface area contributed by atoms with Gasteiger partial charge < -0.3 is 24.7 Å². The van der Waals surface area contributed by atoms with Gasteiger partial charge in [0.1, 0.15) is 0 Å². The Labute approximate surface area is 99.6 Å². The van der Waals surface area contributed by atoms with E-state index in [2.05, 4.69) is 0 Å². The Morgan fingerprint density at radius 2 is 2.24 bits per heavy atom. The molecule has 0 saturated carbocycles. The van der Waals surface area contributed by atoms with Crippen LogP contribution in [0, 0.1) is 0 Å². The van der Waals surface area contributed by atoms with E-state index >= 15 is 0 Å². The molecule has 0 aromatic carbocycles. The Hall–Kier alpha value is -1.34. The molecule has 2 atom stereocenters. The molecule has 1 heterocycles. The van der Waals surface area contributed by atoms with Crippen LogP contribution in [0.5, 0.6) is 0 Å². The van der Waals surface area contributed by atoms with Crippen LogP contribution in [0.25, 0.3) is 0 Å². The van der Waals surface area contributed by atoms with E-state index in [9.17, 15) is 14.7 Å². The molecule has 0 aliphatic carbocycles. The summed E-state index contributed by atoms with van der Waals surface area (Å²) >= 11 is 0. The van der Waals surface area contributed by atoms with Crippen molar-refractivity contribution in [3.63, 3.8) is 0 Å². The number of aliphatic hydroxyl groups is 1. The molecule has 0 aromatic heterocycles. The van der Waals surface area contributed by atoms with Crippen molar-refractivity contribution < 1.29 is 24.5 Å². The number of hydrogen-bond acceptors (Lipinski definition) is 4. The summed E-state index contributed by atoms with van der Waals surface area (Å²) in [6, 6.07) is -1.35.